The van der Waals surface area contributed by atoms with Gasteiger partial charge in [0.2, 0.25) is 0 Å². The van der Waals surface area contributed by atoms with Crippen LogP contribution in [0.4, 0.5) is 0 Å². The summed E-state index contributed by atoms with van der Waals surface area (Å²) in [4.78, 5) is 10.2. The van der Waals surface area contributed by atoms with Gasteiger partial charge in [-0.3, -0.25) is 4.79 Å². The number of carbonyl (C=O) groups is 1. The summed E-state index contributed by atoms with van der Waals surface area (Å²) in [5.41, 5.74) is 5.24. The summed E-state index contributed by atoms with van der Waals surface area (Å²) in [5.74, 6) is 0.283. The Kier molecular flexibility index (Phi) is 6.30. The molecule has 4 nitrogen and oxygen atoms in total. The molecule has 0 amide bonds. The highest BCUT2D eigenvalue weighted by Gasteiger charge is 2.09. The number of methoxy groups -OCH3 is 1. The zero-order valence-corrected chi connectivity index (χ0v) is 7.26. The van der Waals surface area contributed by atoms with E-state index in [2.05, 4.69) is 0 Å². The highest BCUT2D eigenvalue weighted by molar-refractivity contribution is 7.99. The predicted molar refractivity (Wildman–Crippen MR) is 44.8 cm³/mol. The lowest BCUT2D eigenvalue weighted by molar-refractivity contribution is -0.137. The molecule has 0 saturated carbocycles. The van der Waals surface area contributed by atoms with E-state index in [-0.39, 0.29) is 0 Å². The first-order valence-electron chi connectivity index (χ1n) is 3.23. The number of rotatable bonds is 6. The Morgan fingerprint density at radius 3 is 2.91 bits per heavy atom. The number of aliphatic carboxylic acids is 1. The van der Waals surface area contributed by atoms with Gasteiger partial charge in [-0.15, -0.1) is 0 Å². The second kappa shape index (κ2) is 6.45. The van der Waals surface area contributed by atoms with Gasteiger partial charge in [-0.1, -0.05) is 0 Å². The molecular weight excluding hydrogens is 166 g/mol. The second-order valence-electron chi connectivity index (χ2n) is 2.01. The third kappa shape index (κ3) is 6.15. The zero-order chi connectivity index (χ0) is 8.69. The third-order valence-electron chi connectivity index (χ3n) is 1.05. The van der Waals surface area contributed by atoms with Crippen LogP contribution in [0.3, 0.4) is 0 Å². The molecule has 0 aliphatic heterocycles. The van der Waals surface area contributed by atoms with Gasteiger partial charge in [-0.25, -0.2) is 0 Å². The molecule has 0 heterocycles. The maximum Gasteiger partial charge on any atom is 0.321 e. The number of nitrogens with two attached hydrogens (primary N) is 1. The van der Waals surface area contributed by atoms with Gasteiger partial charge >= 0.3 is 5.97 Å². The summed E-state index contributed by atoms with van der Waals surface area (Å²) in [5, 5.41) is 8.37. The van der Waals surface area contributed by atoms with Crippen LogP contribution in [0.15, 0.2) is 0 Å². The van der Waals surface area contributed by atoms with E-state index in [4.69, 9.17) is 15.6 Å². The maximum atomic E-state index is 10.2. The first-order valence-corrected chi connectivity index (χ1v) is 4.39. The number of hydrogen-bond acceptors (Lipinski definition) is 4. The van der Waals surface area contributed by atoms with Crippen molar-refractivity contribution in [2.75, 3.05) is 25.2 Å². The molecule has 0 saturated heterocycles. The molecule has 0 aliphatic carbocycles. The van der Waals surface area contributed by atoms with E-state index in [1.54, 1.807) is 7.11 Å². The molecule has 0 radical (unpaired) electrons. The van der Waals surface area contributed by atoms with E-state index in [0.717, 1.165) is 5.75 Å². The Hall–Kier alpha value is -0.260. The van der Waals surface area contributed by atoms with Crippen molar-refractivity contribution in [3.05, 3.63) is 0 Å². The highest BCUT2D eigenvalue weighted by atomic mass is 32.2. The molecule has 11 heavy (non-hydrogen) atoms. The molecule has 5 heteroatoms. The molecule has 0 aliphatic rings. The van der Waals surface area contributed by atoms with Crippen LogP contribution in [0.25, 0.3) is 0 Å². The lowest BCUT2D eigenvalue weighted by Gasteiger charge is -2.04. The lowest BCUT2D eigenvalue weighted by Crippen LogP contribution is -2.32. The van der Waals surface area contributed by atoms with Gasteiger partial charge in [0.05, 0.1) is 6.61 Å². The fourth-order valence-corrected chi connectivity index (χ4v) is 1.27. The van der Waals surface area contributed by atoms with Crippen molar-refractivity contribution in [1.29, 1.82) is 0 Å². The summed E-state index contributed by atoms with van der Waals surface area (Å²) >= 11 is 1.48. The van der Waals surface area contributed by atoms with Gasteiger partial charge in [-0.05, 0) is 0 Å². The van der Waals surface area contributed by atoms with E-state index >= 15 is 0 Å². The van der Waals surface area contributed by atoms with Crippen LogP contribution in [0.1, 0.15) is 0 Å². The van der Waals surface area contributed by atoms with Gasteiger partial charge in [0.25, 0.3) is 0 Å². The topological polar surface area (TPSA) is 72.5 Å². The number of hydrogen-bond donors (Lipinski definition) is 2. The molecule has 0 rings (SSSR count). The Morgan fingerprint density at radius 1 is 1.82 bits per heavy atom. The third-order valence-corrected chi connectivity index (χ3v) is 2.10. The van der Waals surface area contributed by atoms with Crippen LogP contribution < -0.4 is 5.73 Å². The van der Waals surface area contributed by atoms with E-state index in [1.165, 1.54) is 11.8 Å². The van der Waals surface area contributed by atoms with Crippen LogP contribution in [0, 0.1) is 0 Å². The number of carboxylic acid groups (broad SMARTS) is 1. The van der Waals surface area contributed by atoms with Crippen LogP contribution in [-0.2, 0) is 9.53 Å². The van der Waals surface area contributed by atoms with Crippen LogP contribution in [0.2, 0.25) is 0 Å². The van der Waals surface area contributed by atoms with Crippen LogP contribution in [0.5, 0.6) is 0 Å². The summed E-state index contributed by atoms with van der Waals surface area (Å²) in [6.07, 6.45) is 0. The van der Waals surface area contributed by atoms with Gasteiger partial charge in [-0.2, -0.15) is 11.8 Å². The average molecular weight is 179 g/mol. The summed E-state index contributed by atoms with van der Waals surface area (Å²) in [6, 6.07) is -0.753. The Labute approximate surface area is 70.1 Å². The van der Waals surface area contributed by atoms with E-state index < -0.39 is 12.0 Å². The van der Waals surface area contributed by atoms with E-state index in [9.17, 15) is 4.79 Å². The summed E-state index contributed by atoms with van der Waals surface area (Å²) in [7, 11) is 1.61. The largest absolute Gasteiger partial charge is 0.480 e. The Bertz CT molecular complexity index is 120. The van der Waals surface area contributed by atoms with Crippen molar-refractivity contribution >= 4 is 17.7 Å². The predicted octanol–water partition coefficient (Wildman–Crippen LogP) is -0.222. The van der Waals surface area contributed by atoms with Crippen LogP contribution >= 0.6 is 11.8 Å². The first-order chi connectivity index (χ1) is 5.18. The monoisotopic (exact) mass is 179 g/mol. The number of carboxylic acids is 1. The molecule has 0 fully saturated rings. The smallest absolute Gasteiger partial charge is 0.321 e. The van der Waals surface area contributed by atoms with Crippen molar-refractivity contribution < 1.29 is 14.6 Å². The standard InChI is InChI=1S/C6H13NO3S/c1-10-2-3-11-4-5(7)6(8)9/h5H,2-4,7H2,1H3,(H,8,9). The minimum absolute atomic E-state index is 0.443. The molecule has 0 aromatic rings. The molecule has 0 aromatic carbocycles. The van der Waals surface area contributed by atoms with Crippen LogP contribution in [-0.4, -0.2) is 42.3 Å². The van der Waals surface area contributed by atoms with E-state index in [1.807, 2.05) is 0 Å². The molecule has 1 unspecified atom stereocenters. The molecule has 0 bridgehead atoms. The summed E-state index contributed by atoms with van der Waals surface area (Å²) in [6.45, 7) is 0.636. The molecular formula is C6H13NO3S. The van der Waals surface area contributed by atoms with Gasteiger partial charge < -0.3 is 15.6 Å². The quantitative estimate of drug-likeness (QED) is 0.551. The normalized spacial score (nSPS) is 12.9. The minimum atomic E-state index is -0.949. The lowest BCUT2D eigenvalue weighted by atomic mass is 10.4. The molecule has 66 valence electrons. The van der Waals surface area contributed by atoms with Gasteiger partial charge in [0.15, 0.2) is 0 Å². The summed E-state index contributed by atoms with van der Waals surface area (Å²) < 4.78 is 4.78. The molecule has 0 aromatic heterocycles. The van der Waals surface area contributed by atoms with Gasteiger partial charge in [0, 0.05) is 18.6 Å². The number of thioether (sulfide) groups is 1. The Morgan fingerprint density at radius 2 is 2.45 bits per heavy atom. The van der Waals surface area contributed by atoms with Crippen molar-refractivity contribution in [1.82, 2.24) is 0 Å². The average Bonchev–Trinajstić information content (AvgIpc) is 1.97. The van der Waals surface area contributed by atoms with E-state index in [0.29, 0.717) is 12.4 Å². The molecule has 1 atom stereocenters. The van der Waals surface area contributed by atoms with Crippen molar-refractivity contribution in [3.63, 3.8) is 0 Å². The first kappa shape index (κ1) is 10.7. The van der Waals surface area contributed by atoms with Crippen molar-refractivity contribution in [3.8, 4) is 0 Å². The van der Waals surface area contributed by atoms with Crippen molar-refractivity contribution in [2.45, 2.75) is 6.04 Å². The minimum Gasteiger partial charge on any atom is -0.480 e. The SMILES string of the molecule is COCCSCC(N)C(=O)O. The number of ether oxygens (including phenoxy) is 1. The Balaban J connectivity index is 3.17. The highest BCUT2D eigenvalue weighted by Crippen LogP contribution is 2.00. The second-order valence-corrected chi connectivity index (χ2v) is 3.16. The molecule has 0 spiro atoms. The van der Waals surface area contributed by atoms with Gasteiger partial charge in [0.1, 0.15) is 6.04 Å². The molecule has 3 N–H and O–H groups in total. The fourth-order valence-electron chi connectivity index (χ4n) is 0.424. The van der Waals surface area contributed by atoms with Crippen molar-refractivity contribution in [2.24, 2.45) is 5.73 Å². The fraction of sp³-hybridized carbons (Fsp3) is 0.833. The maximum absolute atomic E-state index is 10.2. The zero-order valence-electron chi connectivity index (χ0n) is 6.45.